The zero-order chi connectivity index (χ0) is 19.9. The average Bonchev–Trinajstić information content (AvgIpc) is 2.59. The van der Waals surface area contributed by atoms with Crippen LogP contribution in [0.25, 0.3) is 11.4 Å². The highest BCUT2D eigenvalue weighted by molar-refractivity contribution is 7.99. The molecule has 0 aliphatic carbocycles. The molecule has 2 aromatic carbocycles. The number of hydrogen-bond acceptors (Lipinski definition) is 2. The van der Waals surface area contributed by atoms with Crippen LogP contribution < -0.4 is 0 Å². The average molecular weight is 388 g/mol. The number of hydrogen-bond donors (Lipinski definition) is 1. The lowest BCUT2D eigenvalue weighted by molar-refractivity contribution is 0.0696. The van der Waals surface area contributed by atoms with Crippen LogP contribution in [0.2, 0.25) is 0 Å². The van der Waals surface area contributed by atoms with Gasteiger partial charge in [0.15, 0.2) is 0 Å². The summed E-state index contributed by atoms with van der Waals surface area (Å²) in [7, 11) is 0. The standard InChI is InChI=1S/C22H22F2O2S/c1-12-9-19-17(22(3,4)7-8-27-19)11-16(12)13(2)20(24)15-6-5-14(21(25)26)10-18(15)23/h5-6,9-11H,7-8H2,1-4H3,(H,25,26)/b20-13+. The molecule has 0 unspecified atom stereocenters. The van der Waals surface area contributed by atoms with E-state index in [2.05, 4.69) is 19.9 Å². The van der Waals surface area contributed by atoms with Crippen molar-refractivity contribution in [2.24, 2.45) is 0 Å². The molecule has 0 saturated carbocycles. The lowest BCUT2D eigenvalue weighted by Crippen LogP contribution is -2.23. The van der Waals surface area contributed by atoms with Gasteiger partial charge in [0.25, 0.3) is 0 Å². The molecule has 5 heteroatoms. The number of carboxylic acid groups (broad SMARTS) is 1. The van der Waals surface area contributed by atoms with E-state index in [1.807, 2.05) is 24.8 Å². The van der Waals surface area contributed by atoms with Crippen LogP contribution in [0.1, 0.15) is 59.8 Å². The molecule has 1 N–H and O–H groups in total. The first-order valence-electron chi connectivity index (χ1n) is 8.79. The van der Waals surface area contributed by atoms with Crippen LogP contribution in [0.15, 0.2) is 35.2 Å². The van der Waals surface area contributed by atoms with Gasteiger partial charge in [-0.05, 0) is 84.0 Å². The first-order chi connectivity index (χ1) is 12.6. The summed E-state index contributed by atoms with van der Waals surface area (Å²) in [4.78, 5) is 12.2. The molecule has 1 aliphatic heterocycles. The van der Waals surface area contributed by atoms with E-state index in [9.17, 15) is 9.18 Å². The smallest absolute Gasteiger partial charge is 0.335 e. The molecule has 0 atom stereocenters. The maximum Gasteiger partial charge on any atom is 0.335 e. The van der Waals surface area contributed by atoms with Crippen LogP contribution in [0.3, 0.4) is 0 Å². The van der Waals surface area contributed by atoms with E-state index in [0.29, 0.717) is 5.57 Å². The van der Waals surface area contributed by atoms with E-state index in [4.69, 9.17) is 5.11 Å². The summed E-state index contributed by atoms with van der Waals surface area (Å²) >= 11 is 1.81. The summed E-state index contributed by atoms with van der Waals surface area (Å²) in [6.07, 6.45) is 1.05. The number of benzene rings is 2. The second kappa shape index (κ2) is 7.12. The van der Waals surface area contributed by atoms with E-state index >= 15 is 4.39 Å². The molecular formula is C22H22F2O2S. The molecule has 1 heterocycles. The topological polar surface area (TPSA) is 37.3 Å². The third-order valence-corrected chi connectivity index (χ3v) is 6.28. The predicted octanol–water partition coefficient (Wildman–Crippen LogP) is 6.46. The van der Waals surface area contributed by atoms with E-state index in [1.54, 1.807) is 6.92 Å². The van der Waals surface area contributed by atoms with E-state index in [0.717, 1.165) is 29.4 Å². The summed E-state index contributed by atoms with van der Waals surface area (Å²) in [5, 5.41) is 8.95. The number of fused-ring (bicyclic) bond motifs is 1. The number of aromatic carboxylic acids is 1. The number of rotatable bonds is 3. The number of carboxylic acids is 1. The molecule has 1 aliphatic rings. The van der Waals surface area contributed by atoms with Crippen LogP contribution in [-0.4, -0.2) is 16.8 Å². The van der Waals surface area contributed by atoms with Gasteiger partial charge in [-0.1, -0.05) is 13.8 Å². The van der Waals surface area contributed by atoms with Crippen molar-refractivity contribution in [1.82, 2.24) is 0 Å². The van der Waals surface area contributed by atoms with Crippen molar-refractivity contribution in [3.63, 3.8) is 0 Å². The largest absolute Gasteiger partial charge is 0.478 e. The zero-order valence-corrected chi connectivity index (χ0v) is 16.6. The fourth-order valence-electron chi connectivity index (χ4n) is 3.43. The maximum absolute atomic E-state index is 15.1. The molecule has 0 bridgehead atoms. The summed E-state index contributed by atoms with van der Waals surface area (Å²) in [6.45, 7) is 7.94. The SMILES string of the molecule is C/C(=C(\F)c1ccc(C(=O)O)cc1F)c1cc2c(cc1C)SCCC2(C)C. The van der Waals surface area contributed by atoms with Crippen molar-refractivity contribution in [2.75, 3.05) is 5.75 Å². The van der Waals surface area contributed by atoms with Gasteiger partial charge in [0.05, 0.1) is 5.56 Å². The van der Waals surface area contributed by atoms with Gasteiger partial charge in [-0.25, -0.2) is 13.6 Å². The minimum absolute atomic E-state index is 0.00811. The van der Waals surface area contributed by atoms with E-state index in [1.165, 1.54) is 22.6 Å². The minimum Gasteiger partial charge on any atom is -0.478 e. The summed E-state index contributed by atoms with van der Waals surface area (Å²) < 4.78 is 29.4. The Kier molecular flexibility index (Phi) is 5.17. The van der Waals surface area contributed by atoms with Gasteiger partial charge in [-0.2, -0.15) is 0 Å². The van der Waals surface area contributed by atoms with Crippen molar-refractivity contribution < 1.29 is 18.7 Å². The van der Waals surface area contributed by atoms with Crippen LogP contribution in [0.5, 0.6) is 0 Å². The predicted molar refractivity (Wildman–Crippen MR) is 107 cm³/mol. The molecule has 0 aromatic heterocycles. The van der Waals surface area contributed by atoms with Gasteiger partial charge >= 0.3 is 5.97 Å². The number of thioether (sulfide) groups is 1. The number of carbonyl (C=O) groups is 1. The van der Waals surface area contributed by atoms with E-state index in [-0.39, 0.29) is 16.5 Å². The first-order valence-corrected chi connectivity index (χ1v) is 9.78. The highest BCUT2D eigenvalue weighted by atomic mass is 32.2. The van der Waals surface area contributed by atoms with Gasteiger partial charge in [0.1, 0.15) is 11.6 Å². The van der Waals surface area contributed by atoms with Crippen molar-refractivity contribution in [1.29, 1.82) is 0 Å². The Morgan fingerprint density at radius 2 is 1.89 bits per heavy atom. The van der Waals surface area contributed by atoms with Crippen LogP contribution in [0, 0.1) is 12.7 Å². The molecule has 0 fully saturated rings. The lowest BCUT2D eigenvalue weighted by atomic mass is 9.80. The molecular weight excluding hydrogens is 366 g/mol. The Morgan fingerprint density at radius 1 is 1.19 bits per heavy atom. The minimum atomic E-state index is -1.24. The number of aryl methyl sites for hydroxylation is 1. The van der Waals surface area contributed by atoms with Gasteiger partial charge in [-0.15, -0.1) is 11.8 Å². The fourth-order valence-corrected chi connectivity index (χ4v) is 5.01. The highest BCUT2D eigenvalue weighted by Gasteiger charge is 2.29. The molecule has 27 heavy (non-hydrogen) atoms. The fraction of sp³-hybridized carbons (Fsp3) is 0.318. The molecule has 3 rings (SSSR count). The first kappa shape index (κ1) is 19.6. The lowest BCUT2D eigenvalue weighted by Gasteiger charge is -2.33. The van der Waals surface area contributed by atoms with Gasteiger partial charge in [0, 0.05) is 10.5 Å². The van der Waals surface area contributed by atoms with Gasteiger partial charge in [-0.3, -0.25) is 0 Å². The molecule has 2 aromatic rings. The molecule has 142 valence electrons. The Labute approximate surface area is 162 Å². The highest BCUT2D eigenvalue weighted by Crippen LogP contribution is 2.44. The van der Waals surface area contributed by atoms with Gasteiger partial charge < -0.3 is 5.11 Å². The van der Waals surface area contributed by atoms with Crippen LogP contribution in [0.4, 0.5) is 8.78 Å². The quantitative estimate of drug-likeness (QED) is 0.613. The molecule has 0 spiro atoms. The molecule has 0 amide bonds. The number of allylic oxidation sites excluding steroid dienone is 1. The Balaban J connectivity index is 2.12. The van der Waals surface area contributed by atoms with E-state index < -0.39 is 17.6 Å². The van der Waals surface area contributed by atoms with Gasteiger partial charge in [0.2, 0.25) is 0 Å². The normalized spacial score (nSPS) is 16.5. The van der Waals surface area contributed by atoms with Crippen molar-refractivity contribution in [2.45, 2.75) is 44.4 Å². The van der Waals surface area contributed by atoms with Crippen molar-refractivity contribution in [3.05, 3.63) is 64.0 Å². The molecule has 0 radical (unpaired) electrons. The zero-order valence-electron chi connectivity index (χ0n) is 15.8. The monoisotopic (exact) mass is 388 g/mol. The maximum atomic E-state index is 15.1. The second-order valence-electron chi connectivity index (χ2n) is 7.58. The Bertz CT molecular complexity index is 961. The molecule has 0 saturated heterocycles. The third-order valence-electron chi connectivity index (χ3n) is 5.23. The Morgan fingerprint density at radius 3 is 2.52 bits per heavy atom. The summed E-state index contributed by atoms with van der Waals surface area (Å²) in [6, 6.07) is 7.36. The third kappa shape index (κ3) is 3.65. The molecule has 2 nitrogen and oxygen atoms in total. The van der Waals surface area contributed by atoms with Crippen LogP contribution in [-0.2, 0) is 5.41 Å². The second-order valence-corrected chi connectivity index (χ2v) is 8.72. The Hall–Kier alpha value is -2.14. The van der Waals surface area contributed by atoms with Crippen molar-refractivity contribution >= 4 is 29.1 Å². The number of halogens is 2. The van der Waals surface area contributed by atoms with Crippen LogP contribution >= 0.6 is 11.8 Å². The summed E-state index contributed by atoms with van der Waals surface area (Å²) in [5.41, 5.74) is 2.82. The van der Waals surface area contributed by atoms with Crippen molar-refractivity contribution in [3.8, 4) is 0 Å². The summed E-state index contributed by atoms with van der Waals surface area (Å²) in [5.74, 6) is -1.73.